The quantitative estimate of drug-likeness (QED) is 0.703. The van der Waals surface area contributed by atoms with Gasteiger partial charge in [0.05, 0.1) is 0 Å². The van der Waals surface area contributed by atoms with E-state index in [4.69, 9.17) is 5.73 Å². The van der Waals surface area contributed by atoms with Crippen LogP contribution in [-0.4, -0.2) is 30.6 Å². The summed E-state index contributed by atoms with van der Waals surface area (Å²) in [4.78, 5) is 2.70. The van der Waals surface area contributed by atoms with Crippen LogP contribution < -0.4 is 5.73 Å². The maximum atomic E-state index is 5.80. The van der Waals surface area contributed by atoms with Crippen molar-refractivity contribution in [2.75, 3.05) is 19.6 Å². The molecule has 2 nitrogen and oxygen atoms in total. The van der Waals surface area contributed by atoms with E-state index >= 15 is 0 Å². The van der Waals surface area contributed by atoms with Gasteiger partial charge in [0.2, 0.25) is 0 Å². The summed E-state index contributed by atoms with van der Waals surface area (Å²) in [6.07, 6.45) is 8.45. The van der Waals surface area contributed by atoms with Crippen LogP contribution in [0.2, 0.25) is 0 Å². The molecule has 13 heavy (non-hydrogen) atoms. The molecule has 1 saturated carbocycles. The molecule has 0 aromatic heterocycles. The smallest absolute Gasteiger partial charge is 0.0135 e. The molecule has 0 aromatic carbocycles. The predicted molar refractivity (Wildman–Crippen MR) is 55.6 cm³/mol. The van der Waals surface area contributed by atoms with Gasteiger partial charge in [-0.25, -0.2) is 0 Å². The van der Waals surface area contributed by atoms with E-state index in [2.05, 4.69) is 4.90 Å². The molecule has 2 heteroatoms. The lowest BCUT2D eigenvalue weighted by atomic mass is 9.99. The van der Waals surface area contributed by atoms with Crippen molar-refractivity contribution in [3.8, 4) is 0 Å². The van der Waals surface area contributed by atoms with Gasteiger partial charge in [-0.2, -0.15) is 0 Å². The van der Waals surface area contributed by atoms with Gasteiger partial charge in [-0.15, -0.1) is 0 Å². The summed E-state index contributed by atoms with van der Waals surface area (Å²) in [6, 6.07) is 0.838. The van der Waals surface area contributed by atoms with Crippen molar-refractivity contribution in [1.82, 2.24) is 4.90 Å². The van der Waals surface area contributed by atoms with E-state index in [0.717, 1.165) is 18.5 Å². The van der Waals surface area contributed by atoms with Gasteiger partial charge in [-0.3, -0.25) is 0 Å². The number of hydrogen-bond donors (Lipinski definition) is 1. The van der Waals surface area contributed by atoms with Crippen molar-refractivity contribution in [2.24, 2.45) is 11.7 Å². The molecular formula is C11H22N2. The lowest BCUT2D eigenvalue weighted by Gasteiger charge is -2.35. The standard InChI is InChI=1S/C11H22N2/c12-9-10-5-4-6-11(10)13-7-2-1-3-8-13/h10-11H,1-9,12H2. The fraction of sp³-hybridized carbons (Fsp3) is 1.00. The summed E-state index contributed by atoms with van der Waals surface area (Å²) in [5, 5.41) is 0. The van der Waals surface area contributed by atoms with E-state index in [0.29, 0.717) is 0 Å². The van der Waals surface area contributed by atoms with Crippen molar-refractivity contribution >= 4 is 0 Å². The molecular weight excluding hydrogens is 160 g/mol. The highest BCUT2D eigenvalue weighted by Crippen LogP contribution is 2.30. The van der Waals surface area contributed by atoms with Gasteiger partial charge in [-0.1, -0.05) is 12.8 Å². The third-order valence-corrected chi connectivity index (χ3v) is 3.78. The Kier molecular flexibility index (Phi) is 3.23. The van der Waals surface area contributed by atoms with Crippen molar-refractivity contribution in [1.29, 1.82) is 0 Å². The van der Waals surface area contributed by atoms with E-state index in [1.807, 2.05) is 0 Å². The Labute approximate surface area is 81.5 Å². The lowest BCUT2D eigenvalue weighted by molar-refractivity contribution is 0.135. The van der Waals surface area contributed by atoms with Crippen LogP contribution in [0.1, 0.15) is 38.5 Å². The lowest BCUT2D eigenvalue weighted by Crippen LogP contribution is -2.43. The zero-order chi connectivity index (χ0) is 9.10. The number of rotatable bonds is 2. The van der Waals surface area contributed by atoms with E-state index in [9.17, 15) is 0 Å². The molecule has 2 aliphatic rings. The Morgan fingerprint density at radius 1 is 1.00 bits per heavy atom. The van der Waals surface area contributed by atoms with Gasteiger partial charge in [0, 0.05) is 6.04 Å². The summed E-state index contributed by atoms with van der Waals surface area (Å²) >= 11 is 0. The highest BCUT2D eigenvalue weighted by molar-refractivity contribution is 4.86. The molecule has 2 fully saturated rings. The largest absolute Gasteiger partial charge is 0.330 e. The predicted octanol–water partition coefficient (Wildman–Crippen LogP) is 1.60. The molecule has 0 bridgehead atoms. The molecule has 2 N–H and O–H groups in total. The first-order valence-electron chi connectivity index (χ1n) is 5.86. The van der Waals surface area contributed by atoms with Crippen molar-refractivity contribution in [3.63, 3.8) is 0 Å². The molecule has 1 heterocycles. The molecule has 0 spiro atoms. The zero-order valence-electron chi connectivity index (χ0n) is 8.54. The molecule has 0 aromatic rings. The Balaban J connectivity index is 1.90. The molecule has 76 valence electrons. The van der Waals surface area contributed by atoms with E-state index in [1.54, 1.807) is 0 Å². The Bertz CT molecular complexity index is 152. The summed E-state index contributed by atoms with van der Waals surface area (Å²) in [6.45, 7) is 3.57. The number of nitrogens with zero attached hydrogens (tertiary/aromatic N) is 1. The van der Waals surface area contributed by atoms with Crippen LogP contribution in [-0.2, 0) is 0 Å². The third kappa shape index (κ3) is 2.05. The number of hydrogen-bond acceptors (Lipinski definition) is 2. The number of nitrogens with two attached hydrogens (primary N) is 1. The summed E-state index contributed by atoms with van der Waals surface area (Å²) < 4.78 is 0. The second kappa shape index (κ2) is 4.43. The van der Waals surface area contributed by atoms with E-state index in [-0.39, 0.29) is 0 Å². The minimum atomic E-state index is 0.804. The fourth-order valence-corrected chi connectivity index (χ4v) is 3.02. The third-order valence-electron chi connectivity index (χ3n) is 3.78. The van der Waals surface area contributed by atoms with Crippen molar-refractivity contribution < 1.29 is 0 Å². The molecule has 0 amide bonds. The molecule has 1 aliphatic heterocycles. The molecule has 0 radical (unpaired) electrons. The van der Waals surface area contributed by atoms with Crippen molar-refractivity contribution in [3.05, 3.63) is 0 Å². The second-order valence-corrected chi connectivity index (χ2v) is 4.59. The van der Waals surface area contributed by atoms with Gasteiger partial charge in [0.1, 0.15) is 0 Å². The highest BCUT2D eigenvalue weighted by Gasteiger charge is 2.31. The first-order valence-corrected chi connectivity index (χ1v) is 5.86. The average molecular weight is 182 g/mol. The van der Waals surface area contributed by atoms with Gasteiger partial charge in [0.15, 0.2) is 0 Å². The van der Waals surface area contributed by atoms with Gasteiger partial charge in [0.25, 0.3) is 0 Å². The Morgan fingerprint density at radius 3 is 2.46 bits per heavy atom. The topological polar surface area (TPSA) is 29.3 Å². The first kappa shape index (κ1) is 9.47. The average Bonchev–Trinajstić information content (AvgIpc) is 2.67. The SMILES string of the molecule is NCC1CCCC1N1CCCCC1. The van der Waals surface area contributed by atoms with E-state index in [1.165, 1.54) is 51.6 Å². The number of piperidine rings is 1. The minimum absolute atomic E-state index is 0.804. The van der Waals surface area contributed by atoms with Gasteiger partial charge in [-0.05, 0) is 51.2 Å². The molecule has 1 saturated heterocycles. The molecule has 2 atom stereocenters. The Morgan fingerprint density at radius 2 is 1.77 bits per heavy atom. The summed E-state index contributed by atoms with van der Waals surface area (Å²) in [5.41, 5.74) is 5.80. The normalized spacial score (nSPS) is 36.7. The second-order valence-electron chi connectivity index (χ2n) is 4.59. The van der Waals surface area contributed by atoms with Crippen LogP contribution in [0.5, 0.6) is 0 Å². The molecule has 1 aliphatic carbocycles. The molecule has 2 unspecified atom stereocenters. The first-order chi connectivity index (χ1) is 6.42. The van der Waals surface area contributed by atoms with Crippen LogP contribution in [0.4, 0.5) is 0 Å². The highest BCUT2D eigenvalue weighted by atomic mass is 15.2. The van der Waals surface area contributed by atoms with Crippen LogP contribution in [0, 0.1) is 5.92 Å². The van der Waals surface area contributed by atoms with Crippen LogP contribution in [0.3, 0.4) is 0 Å². The van der Waals surface area contributed by atoms with Gasteiger partial charge < -0.3 is 10.6 Å². The zero-order valence-corrected chi connectivity index (χ0v) is 8.54. The van der Waals surface area contributed by atoms with Crippen LogP contribution in [0.15, 0.2) is 0 Å². The minimum Gasteiger partial charge on any atom is -0.330 e. The summed E-state index contributed by atoms with van der Waals surface area (Å²) in [5.74, 6) is 0.804. The maximum absolute atomic E-state index is 5.80. The van der Waals surface area contributed by atoms with Gasteiger partial charge >= 0.3 is 0 Å². The van der Waals surface area contributed by atoms with Crippen molar-refractivity contribution in [2.45, 2.75) is 44.6 Å². The maximum Gasteiger partial charge on any atom is 0.0135 e. The monoisotopic (exact) mass is 182 g/mol. The van der Waals surface area contributed by atoms with Crippen LogP contribution in [0.25, 0.3) is 0 Å². The number of likely N-dealkylation sites (tertiary alicyclic amines) is 1. The summed E-state index contributed by atoms with van der Waals surface area (Å²) in [7, 11) is 0. The Hall–Kier alpha value is -0.0800. The molecule has 2 rings (SSSR count). The van der Waals surface area contributed by atoms with E-state index < -0.39 is 0 Å². The van der Waals surface area contributed by atoms with Crippen LogP contribution >= 0.6 is 0 Å². The fourth-order valence-electron chi connectivity index (χ4n) is 3.02.